The SMILES string of the molecule is COc1cc(C)ccc1NC(=O)N1CC(C)(C)[C@H]1c1nccn1C. The molecule has 0 unspecified atom stereocenters. The molecule has 3 rings (SSSR count). The quantitative estimate of drug-likeness (QED) is 0.940. The van der Waals surface area contributed by atoms with Gasteiger partial charge in [-0.2, -0.15) is 0 Å². The van der Waals surface area contributed by atoms with Crippen LogP contribution in [0.3, 0.4) is 0 Å². The maximum Gasteiger partial charge on any atom is 0.322 e. The van der Waals surface area contributed by atoms with Crippen molar-refractivity contribution in [1.82, 2.24) is 14.5 Å². The van der Waals surface area contributed by atoms with Gasteiger partial charge in [-0.15, -0.1) is 0 Å². The second-order valence-electron chi connectivity index (χ2n) is 7.05. The number of carbonyl (C=O) groups excluding carboxylic acids is 1. The van der Waals surface area contributed by atoms with E-state index in [4.69, 9.17) is 4.74 Å². The van der Waals surface area contributed by atoms with Crippen molar-refractivity contribution in [2.75, 3.05) is 19.0 Å². The average Bonchev–Trinajstić information content (AvgIpc) is 2.92. The van der Waals surface area contributed by atoms with Crippen LogP contribution in [0.15, 0.2) is 30.6 Å². The molecule has 128 valence electrons. The number of amides is 2. The zero-order valence-corrected chi connectivity index (χ0v) is 14.8. The standard InChI is InChI=1S/C18H24N4O2/c1-12-6-7-13(14(10-12)24-5)20-17(23)22-11-18(2,3)15(22)16-19-8-9-21(16)4/h6-10,15H,11H2,1-5H3,(H,20,23)/t15-/m1/s1. The first-order valence-corrected chi connectivity index (χ1v) is 8.03. The summed E-state index contributed by atoms with van der Waals surface area (Å²) in [6.07, 6.45) is 3.67. The predicted octanol–water partition coefficient (Wildman–Crippen LogP) is 3.35. The first-order chi connectivity index (χ1) is 11.3. The lowest BCUT2D eigenvalue weighted by Crippen LogP contribution is -2.59. The molecule has 24 heavy (non-hydrogen) atoms. The van der Waals surface area contributed by atoms with Gasteiger partial charge in [0.05, 0.1) is 18.8 Å². The summed E-state index contributed by atoms with van der Waals surface area (Å²) in [6.45, 7) is 6.99. The molecule has 0 radical (unpaired) electrons. The fraction of sp³-hybridized carbons (Fsp3) is 0.444. The third-order valence-corrected chi connectivity index (χ3v) is 4.59. The number of ether oxygens (including phenoxy) is 1. The van der Waals surface area contributed by atoms with Gasteiger partial charge in [-0.05, 0) is 24.6 Å². The molecular weight excluding hydrogens is 304 g/mol. The lowest BCUT2D eigenvalue weighted by atomic mass is 9.74. The molecule has 1 aromatic heterocycles. The van der Waals surface area contributed by atoms with Gasteiger partial charge in [-0.25, -0.2) is 9.78 Å². The normalized spacial score (nSPS) is 18.9. The lowest BCUT2D eigenvalue weighted by Gasteiger charge is -2.53. The molecule has 1 aliphatic heterocycles. The average molecular weight is 328 g/mol. The summed E-state index contributed by atoms with van der Waals surface area (Å²) in [7, 11) is 3.56. The maximum atomic E-state index is 12.8. The van der Waals surface area contributed by atoms with Crippen molar-refractivity contribution in [2.45, 2.75) is 26.8 Å². The van der Waals surface area contributed by atoms with Crippen molar-refractivity contribution in [3.63, 3.8) is 0 Å². The molecule has 1 atom stereocenters. The van der Waals surface area contributed by atoms with Crippen LogP contribution in [0.25, 0.3) is 0 Å². The highest BCUT2D eigenvalue weighted by atomic mass is 16.5. The van der Waals surface area contributed by atoms with E-state index in [0.29, 0.717) is 18.0 Å². The zero-order chi connectivity index (χ0) is 17.5. The van der Waals surface area contributed by atoms with E-state index in [1.165, 1.54) is 0 Å². The summed E-state index contributed by atoms with van der Waals surface area (Å²) in [5.74, 6) is 1.56. The number of urea groups is 1. The molecule has 1 fully saturated rings. The number of likely N-dealkylation sites (tertiary alicyclic amines) is 1. The van der Waals surface area contributed by atoms with Crippen LogP contribution < -0.4 is 10.1 Å². The number of methoxy groups -OCH3 is 1. The van der Waals surface area contributed by atoms with Gasteiger partial charge in [-0.3, -0.25) is 0 Å². The van der Waals surface area contributed by atoms with Crippen molar-refractivity contribution in [3.05, 3.63) is 42.0 Å². The van der Waals surface area contributed by atoms with Crippen LogP contribution in [0.2, 0.25) is 0 Å². The summed E-state index contributed by atoms with van der Waals surface area (Å²) < 4.78 is 7.34. The summed E-state index contributed by atoms with van der Waals surface area (Å²) >= 11 is 0. The Labute approximate surface area is 142 Å². The number of aryl methyl sites for hydroxylation is 2. The second kappa shape index (κ2) is 5.85. The van der Waals surface area contributed by atoms with Crippen LogP contribution >= 0.6 is 0 Å². The zero-order valence-electron chi connectivity index (χ0n) is 14.8. The molecule has 2 amide bonds. The predicted molar refractivity (Wildman–Crippen MR) is 93.2 cm³/mol. The number of nitrogens with one attached hydrogen (secondary N) is 1. The van der Waals surface area contributed by atoms with Crippen LogP contribution in [0.5, 0.6) is 5.75 Å². The van der Waals surface area contributed by atoms with E-state index in [2.05, 4.69) is 24.1 Å². The topological polar surface area (TPSA) is 59.4 Å². The van der Waals surface area contributed by atoms with Crippen molar-refractivity contribution >= 4 is 11.7 Å². The van der Waals surface area contributed by atoms with Crippen molar-refractivity contribution < 1.29 is 9.53 Å². The van der Waals surface area contributed by atoms with Crippen molar-refractivity contribution in [1.29, 1.82) is 0 Å². The van der Waals surface area contributed by atoms with E-state index in [0.717, 1.165) is 11.4 Å². The fourth-order valence-electron chi connectivity index (χ4n) is 3.33. The minimum absolute atomic E-state index is 0.00614. The molecule has 1 N–H and O–H groups in total. The van der Waals surface area contributed by atoms with Gasteiger partial charge in [0.2, 0.25) is 0 Å². The highest BCUT2D eigenvalue weighted by Gasteiger charge is 2.50. The Balaban J connectivity index is 1.82. The van der Waals surface area contributed by atoms with E-state index in [1.807, 2.05) is 47.8 Å². The number of aromatic nitrogens is 2. The number of imidazole rings is 1. The molecule has 0 spiro atoms. The largest absolute Gasteiger partial charge is 0.495 e. The van der Waals surface area contributed by atoms with Gasteiger partial charge in [0.1, 0.15) is 11.6 Å². The third-order valence-electron chi connectivity index (χ3n) is 4.59. The molecule has 6 heteroatoms. The van der Waals surface area contributed by atoms with E-state index < -0.39 is 0 Å². The van der Waals surface area contributed by atoms with Crippen LogP contribution in [0.1, 0.15) is 31.3 Å². The Morgan fingerprint density at radius 3 is 2.75 bits per heavy atom. The molecule has 0 saturated carbocycles. The summed E-state index contributed by atoms with van der Waals surface area (Å²) in [5.41, 5.74) is 1.76. The molecule has 0 bridgehead atoms. The van der Waals surface area contributed by atoms with E-state index in [9.17, 15) is 4.79 Å². The minimum atomic E-state index is -0.135. The van der Waals surface area contributed by atoms with Crippen molar-refractivity contribution in [2.24, 2.45) is 12.5 Å². The number of nitrogens with zero attached hydrogens (tertiary/aromatic N) is 3. The second-order valence-corrected chi connectivity index (χ2v) is 7.05. The molecule has 2 aromatic rings. The Kier molecular flexibility index (Phi) is 3.99. The number of hydrogen-bond donors (Lipinski definition) is 1. The molecule has 2 heterocycles. The van der Waals surface area contributed by atoms with E-state index >= 15 is 0 Å². The third kappa shape index (κ3) is 2.72. The number of rotatable bonds is 3. The number of anilines is 1. The van der Waals surface area contributed by atoms with Gasteiger partial charge in [0.25, 0.3) is 0 Å². The molecule has 1 aromatic carbocycles. The van der Waals surface area contributed by atoms with Crippen LogP contribution in [0.4, 0.5) is 10.5 Å². The molecule has 6 nitrogen and oxygen atoms in total. The minimum Gasteiger partial charge on any atom is -0.495 e. The first-order valence-electron chi connectivity index (χ1n) is 8.03. The van der Waals surface area contributed by atoms with E-state index in [-0.39, 0.29) is 17.5 Å². The van der Waals surface area contributed by atoms with Gasteiger partial charge in [-0.1, -0.05) is 19.9 Å². The number of carbonyl (C=O) groups is 1. The molecule has 1 saturated heterocycles. The van der Waals surface area contributed by atoms with Gasteiger partial charge < -0.3 is 19.5 Å². The Morgan fingerprint density at radius 2 is 2.17 bits per heavy atom. The van der Waals surface area contributed by atoms with Crippen molar-refractivity contribution in [3.8, 4) is 5.75 Å². The maximum absolute atomic E-state index is 12.8. The smallest absolute Gasteiger partial charge is 0.322 e. The van der Waals surface area contributed by atoms with E-state index in [1.54, 1.807) is 13.3 Å². The Hall–Kier alpha value is -2.50. The lowest BCUT2D eigenvalue weighted by molar-refractivity contribution is -0.0182. The number of hydrogen-bond acceptors (Lipinski definition) is 3. The number of benzene rings is 1. The summed E-state index contributed by atoms with van der Waals surface area (Å²) in [6, 6.07) is 5.55. The van der Waals surface area contributed by atoms with Gasteiger partial charge in [0, 0.05) is 31.4 Å². The molecule has 0 aliphatic carbocycles. The van der Waals surface area contributed by atoms with Crippen LogP contribution in [-0.2, 0) is 7.05 Å². The highest BCUT2D eigenvalue weighted by Crippen LogP contribution is 2.47. The highest BCUT2D eigenvalue weighted by molar-refractivity contribution is 5.92. The fourth-order valence-corrected chi connectivity index (χ4v) is 3.33. The first kappa shape index (κ1) is 16.4. The molecule has 1 aliphatic rings. The molecular formula is C18H24N4O2. The monoisotopic (exact) mass is 328 g/mol. The van der Waals surface area contributed by atoms with Gasteiger partial charge >= 0.3 is 6.03 Å². The van der Waals surface area contributed by atoms with Gasteiger partial charge in [0.15, 0.2) is 0 Å². The Bertz CT molecular complexity index is 766. The Morgan fingerprint density at radius 1 is 1.42 bits per heavy atom. The van der Waals surface area contributed by atoms with Crippen LogP contribution in [0, 0.1) is 12.3 Å². The summed E-state index contributed by atoms with van der Waals surface area (Å²) in [4.78, 5) is 19.0. The summed E-state index contributed by atoms with van der Waals surface area (Å²) in [5, 5.41) is 2.96. The van der Waals surface area contributed by atoms with Crippen LogP contribution in [-0.4, -0.2) is 34.1 Å².